The molecule has 0 aliphatic rings. The number of rotatable bonds is 3. The Morgan fingerprint density at radius 2 is 1.95 bits per heavy atom. The molecule has 11 heteroatoms. The highest BCUT2D eigenvalue weighted by Crippen LogP contribution is 2.36. The molecular weight excluding hydrogens is 281 g/mol. The van der Waals surface area contributed by atoms with Gasteiger partial charge in [0.1, 0.15) is 12.0 Å². The van der Waals surface area contributed by atoms with Crippen molar-refractivity contribution in [3.63, 3.8) is 0 Å². The Bertz CT molecular complexity index is 495. The van der Waals surface area contributed by atoms with E-state index >= 15 is 0 Å². The first-order valence-electron chi connectivity index (χ1n) is 4.97. The number of anilines is 1. The van der Waals surface area contributed by atoms with E-state index < -0.39 is 26.0 Å². The minimum absolute atomic E-state index is 0.159. The highest BCUT2D eigenvalue weighted by Gasteiger charge is 2.16. The third kappa shape index (κ3) is 8.43. The van der Waals surface area contributed by atoms with Crippen molar-refractivity contribution in [2.45, 2.75) is 26.4 Å². The van der Waals surface area contributed by atoms with Crippen LogP contribution in [0.3, 0.4) is 0 Å². The fourth-order valence-corrected chi connectivity index (χ4v) is 1.31. The van der Waals surface area contributed by atoms with Crippen LogP contribution in [0.4, 0.5) is 5.82 Å². The fraction of sp³-hybridized carbons (Fsp3) is 0.500. The lowest BCUT2D eigenvalue weighted by molar-refractivity contribution is -0.0209. The zero-order valence-electron chi connectivity index (χ0n) is 10.2. The molecule has 1 aromatic heterocycles. The molecule has 0 amide bonds. The number of nitrogen functional groups attached to an aromatic ring is 1. The number of nitrogens with two attached hydrogens (primary N) is 1. The third-order valence-corrected chi connectivity index (χ3v) is 2.12. The third-order valence-electron chi connectivity index (χ3n) is 1.54. The predicted octanol–water partition coefficient (Wildman–Crippen LogP) is -1.23. The van der Waals surface area contributed by atoms with Crippen LogP contribution >= 0.6 is 7.82 Å². The van der Waals surface area contributed by atoms with Crippen molar-refractivity contribution in [2.24, 2.45) is 0 Å². The summed E-state index contributed by atoms with van der Waals surface area (Å²) in [6, 6.07) is 1.45. The van der Waals surface area contributed by atoms with Gasteiger partial charge in [0.15, 0.2) is 6.29 Å². The Morgan fingerprint density at radius 1 is 1.42 bits per heavy atom. The van der Waals surface area contributed by atoms with Crippen molar-refractivity contribution in [3.05, 3.63) is 22.7 Å². The summed E-state index contributed by atoms with van der Waals surface area (Å²) < 4.78 is 14.5. The summed E-state index contributed by atoms with van der Waals surface area (Å²) in [5.41, 5.74) is 4.68. The molecule has 0 radical (unpaired) electrons. The number of phosphoric ester groups is 1. The largest absolute Gasteiger partial charge is 0.471 e. The second-order valence-corrected chi connectivity index (χ2v) is 4.56. The molecule has 0 saturated carbocycles. The highest BCUT2D eigenvalue weighted by atomic mass is 31.2. The summed E-state index contributed by atoms with van der Waals surface area (Å²) in [5.74, 6) is 0.159. The molecular formula is C8H16N3O7P. The topological polar surface area (TPSA) is 168 Å². The lowest BCUT2D eigenvalue weighted by Gasteiger charge is -2.06. The van der Waals surface area contributed by atoms with Gasteiger partial charge in [0.25, 0.3) is 0 Å². The number of hydrogen-bond acceptors (Lipinski definition) is 7. The molecule has 0 aliphatic carbocycles. The van der Waals surface area contributed by atoms with Crippen molar-refractivity contribution < 1.29 is 29.1 Å². The average molecular weight is 297 g/mol. The quantitative estimate of drug-likeness (QED) is 0.338. The lowest BCUT2D eigenvalue weighted by Crippen LogP contribution is -2.25. The summed E-state index contributed by atoms with van der Waals surface area (Å²) in [7, 11) is -4.47. The molecule has 0 bridgehead atoms. The van der Waals surface area contributed by atoms with Crippen molar-refractivity contribution in [1.82, 2.24) is 9.55 Å². The summed E-state index contributed by atoms with van der Waals surface area (Å²) >= 11 is 0. The zero-order chi connectivity index (χ0) is 15.2. The van der Waals surface area contributed by atoms with Gasteiger partial charge in [0.2, 0.25) is 0 Å². The Balaban J connectivity index is 0.000000362. The van der Waals surface area contributed by atoms with Gasteiger partial charge in [-0.3, -0.25) is 9.09 Å². The molecule has 10 nitrogen and oxygen atoms in total. The normalized spacial score (nSPS) is 14.2. The van der Waals surface area contributed by atoms with Gasteiger partial charge in [-0.15, -0.1) is 0 Å². The van der Waals surface area contributed by atoms with Gasteiger partial charge < -0.3 is 25.7 Å². The molecule has 110 valence electrons. The van der Waals surface area contributed by atoms with Crippen molar-refractivity contribution >= 4 is 13.6 Å². The van der Waals surface area contributed by atoms with Gasteiger partial charge in [-0.2, -0.15) is 4.98 Å². The maximum atomic E-state index is 10.9. The second kappa shape index (κ2) is 7.34. The second-order valence-electron chi connectivity index (χ2n) is 3.37. The number of hydrogen-bond donors (Lipinski definition) is 5. The standard InChI is InChI=1S/C6H9N3O2.C2H7O5P/c1-4(10)9-3-2-5(7)8-6(9)11;1-2(3)7-8(4,5)6/h2-4,10H,1H3,(H2,7,8,11);2-3H,1H3,(H2,4,5,6). The van der Waals surface area contributed by atoms with Gasteiger partial charge in [-0.05, 0) is 19.9 Å². The van der Waals surface area contributed by atoms with Crippen LogP contribution in [-0.2, 0) is 9.09 Å². The molecule has 0 aliphatic heterocycles. The molecule has 1 heterocycles. The van der Waals surface area contributed by atoms with E-state index in [-0.39, 0.29) is 5.82 Å². The number of nitrogens with zero attached hydrogens (tertiary/aromatic N) is 2. The molecule has 2 atom stereocenters. The first kappa shape index (κ1) is 17.7. The number of phosphoric acid groups is 1. The maximum Gasteiger partial charge on any atom is 0.471 e. The van der Waals surface area contributed by atoms with Crippen LogP contribution in [-0.4, -0.2) is 35.8 Å². The van der Waals surface area contributed by atoms with E-state index in [1.54, 1.807) is 0 Å². The molecule has 1 aromatic rings. The predicted molar refractivity (Wildman–Crippen MR) is 64.6 cm³/mol. The fourth-order valence-electron chi connectivity index (χ4n) is 0.909. The Morgan fingerprint density at radius 3 is 2.21 bits per heavy atom. The average Bonchev–Trinajstić information content (AvgIpc) is 2.12. The first-order valence-corrected chi connectivity index (χ1v) is 6.50. The lowest BCUT2D eigenvalue weighted by atomic mass is 10.5. The Hall–Kier alpha value is -1.29. The number of aliphatic hydroxyl groups is 2. The van der Waals surface area contributed by atoms with E-state index in [4.69, 9.17) is 25.7 Å². The minimum atomic E-state index is -4.47. The highest BCUT2D eigenvalue weighted by molar-refractivity contribution is 7.46. The molecule has 2 unspecified atom stereocenters. The molecule has 0 fully saturated rings. The zero-order valence-corrected chi connectivity index (χ0v) is 11.1. The van der Waals surface area contributed by atoms with Gasteiger partial charge >= 0.3 is 13.5 Å². The summed E-state index contributed by atoms with van der Waals surface area (Å²) in [4.78, 5) is 30.1. The molecule has 0 saturated heterocycles. The minimum Gasteiger partial charge on any atom is -0.383 e. The maximum absolute atomic E-state index is 10.9. The SMILES string of the molecule is CC(O)OP(=O)(O)O.CC(O)n1ccc(N)nc1=O. The molecule has 6 N–H and O–H groups in total. The number of aromatic nitrogens is 2. The van der Waals surface area contributed by atoms with Crippen molar-refractivity contribution in [3.8, 4) is 0 Å². The van der Waals surface area contributed by atoms with Crippen molar-refractivity contribution in [1.29, 1.82) is 0 Å². The van der Waals surface area contributed by atoms with E-state index in [1.165, 1.54) is 19.2 Å². The van der Waals surface area contributed by atoms with Crippen LogP contribution in [0.2, 0.25) is 0 Å². The van der Waals surface area contributed by atoms with Crippen LogP contribution < -0.4 is 11.4 Å². The Labute approximate surface area is 108 Å². The number of aliphatic hydroxyl groups excluding tert-OH is 2. The molecule has 0 spiro atoms. The van der Waals surface area contributed by atoms with E-state index in [0.29, 0.717) is 0 Å². The van der Waals surface area contributed by atoms with Crippen LogP contribution in [0.25, 0.3) is 0 Å². The van der Waals surface area contributed by atoms with Gasteiger partial charge in [0.05, 0.1) is 0 Å². The summed E-state index contributed by atoms with van der Waals surface area (Å²) in [5, 5.41) is 17.2. The summed E-state index contributed by atoms with van der Waals surface area (Å²) in [6.07, 6.45) is -0.888. The van der Waals surface area contributed by atoms with Crippen LogP contribution in [0, 0.1) is 0 Å². The van der Waals surface area contributed by atoms with Crippen molar-refractivity contribution in [2.75, 3.05) is 5.73 Å². The van der Waals surface area contributed by atoms with Gasteiger partial charge in [-0.1, -0.05) is 0 Å². The Kier molecular flexibility index (Phi) is 6.84. The molecule has 19 heavy (non-hydrogen) atoms. The van der Waals surface area contributed by atoms with Crippen LogP contribution in [0.1, 0.15) is 20.1 Å². The first-order chi connectivity index (χ1) is 8.53. The van der Waals surface area contributed by atoms with E-state index in [2.05, 4.69) is 9.51 Å². The van der Waals surface area contributed by atoms with E-state index in [9.17, 15) is 9.36 Å². The van der Waals surface area contributed by atoms with Crippen LogP contribution in [0.15, 0.2) is 17.1 Å². The molecule has 1 rings (SSSR count). The van der Waals surface area contributed by atoms with Gasteiger partial charge in [-0.25, -0.2) is 9.36 Å². The van der Waals surface area contributed by atoms with Crippen LogP contribution in [0.5, 0.6) is 0 Å². The monoisotopic (exact) mass is 297 g/mol. The van der Waals surface area contributed by atoms with E-state index in [0.717, 1.165) is 11.5 Å². The van der Waals surface area contributed by atoms with E-state index in [1.807, 2.05) is 0 Å². The van der Waals surface area contributed by atoms with Gasteiger partial charge in [0, 0.05) is 6.20 Å². The summed E-state index contributed by atoms with van der Waals surface area (Å²) in [6.45, 7) is 2.58. The smallest absolute Gasteiger partial charge is 0.383 e. The molecule has 0 aromatic carbocycles.